The summed E-state index contributed by atoms with van der Waals surface area (Å²) in [6.07, 6.45) is 0. The number of halogens is 2. The molecule has 1 amide bonds. The van der Waals surface area contributed by atoms with Crippen molar-refractivity contribution < 1.29 is 9.53 Å². The lowest BCUT2D eigenvalue weighted by molar-refractivity contribution is 0.0767. The van der Waals surface area contributed by atoms with Gasteiger partial charge in [0.15, 0.2) is 0 Å². The molecule has 0 radical (unpaired) electrons. The minimum Gasteiger partial charge on any atom is -0.497 e. The SMILES string of the molecule is COc1ccc(CN2Cc3cc(Cl)cc(Cl)c3C2=O)cc1. The first-order chi connectivity index (χ1) is 10.1. The van der Waals surface area contributed by atoms with Gasteiger partial charge in [-0.2, -0.15) is 0 Å². The van der Waals surface area contributed by atoms with Crippen molar-refractivity contribution in [1.82, 2.24) is 4.90 Å². The van der Waals surface area contributed by atoms with Crippen molar-refractivity contribution in [3.05, 3.63) is 63.1 Å². The van der Waals surface area contributed by atoms with Crippen molar-refractivity contribution in [1.29, 1.82) is 0 Å². The maximum absolute atomic E-state index is 12.4. The molecular formula is C16H13Cl2NO2. The molecule has 1 aliphatic rings. The Morgan fingerprint density at radius 2 is 1.90 bits per heavy atom. The third-order valence-corrected chi connectivity index (χ3v) is 4.05. The number of carbonyl (C=O) groups is 1. The molecule has 0 atom stereocenters. The topological polar surface area (TPSA) is 29.5 Å². The van der Waals surface area contributed by atoms with Crippen LogP contribution in [0.3, 0.4) is 0 Å². The van der Waals surface area contributed by atoms with E-state index >= 15 is 0 Å². The van der Waals surface area contributed by atoms with E-state index in [4.69, 9.17) is 27.9 Å². The summed E-state index contributed by atoms with van der Waals surface area (Å²) in [5.41, 5.74) is 2.49. The van der Waals surface area contributed by atoms with E-state index in [1.165, 1.54) is 0 Å². The van der Waals surface area contributed by atoms with Crippen LogP contribution in [0.1, 0.15) is 21.5 Å². The summed E-state index contributed by atoms with van der Waals surface area (Å²) < 4.78 is 5.13. The van der Waals surface area contributed by atoms with E-state index < -0.39 is 0 Å². The largest absolute Gasteiger partial charge is 0.497 e. The summed E-state index contributed by atoms with van der Waals surface area (Å²) in [5.74, 6) is 0.743. The molecule has 0 saturated heterocycles. The molecule has 5 heteroatoms. The molecule has 0 aliphatic carbocycles. The Morgan fingerprint density at radius 3 is 2.57 bits per heavy atom. The van der Waals surface area contributed by atoms with Crippen LogP contribution in [-0.4, -0.2) is 17.9 Å². The van der Waals surface area contributed by atoms with E-state index in [-0.39, 0.29) is 5.91 Å². The summed E-state index contributed by atoms with van der Waals surface area (Å²) >= 11 is 12.1. The minimum absolute atomic E-state index is 0.0533. The number of fused-ring (bicyclic) bond motifs is 1. The number of ether oxygens (including phenoxy) is 1. The van der Waals surface area contributed by atoms with Gasteiger partial charge in [-0.05, 0) is 35.4 Å². The second kappa shape index (κ2) is 5.58. The van der Waals surface area contributed by atoms with Gasteiger partial charge in [-0.3, -0.25) is 4.79 Å². The van der Waals surface area contributed by atoms with Crippen LogP contribution < -0.4 is 4.74 Å². The van der Waals surface area contributed by atoms with Gasteiger partial charge in [0.25, 0.3) is 5.91 Å². The molecule has 21 heavy (non-hydrogen) atoms. The zero-order valence-corrected chi connectivity index (χ0v) is 12.9. The third-order valence-electron chi connectivity index (χ3n) is 3.53. The zero-order chi connectivity index (χ0) is 15.0. The first kappa shape index (κ1) is 14.2. The van der Waals surface area contributed by atoms with E-state index in [0.717, 1.165) is 16.9 Å². The Hall–Kier alpha value is -1.71. The molecule has 0 spiro atoms. The highest BCUT2D eigenvalue weighted by molar-refractivity contribution is 6.37. The number of hydrogen-bond acceptors (Lipinski definition) is 2. The Bertz CT molecular complexity index is 698. The van der Waals surface area contributed by atoms with Gasteiger partial charge in [0.1, 0.15) is 5.75 Å². The van der Waals surface area contributed by atoms with Crippen molar-refractivity contribution in [3.63, 3.8) is 0 Å². The predicted molar refractivity (Wildman–Crippen MR) is 83.0 cm³/mol. The van der Waals surface area contributed by atoms with E-state index in [1.807, 2.05) is 24.3 Å². The van der Waals surface area contributed by atoms with Crippen LogP contribution in [0.4, 0.5) is 0 Å². The summed E-state index contributed by atoms with van der Waals surface area (Å²) in [6, 6.07) is 11.1. The van der Waals surface area contributed by atoms with Crippen LogP contribution in [0.5, 0.6) is 5.75 Å². The van der Waals surface area contributed by atoms with Gasteiger partial charge >= 0.3 is 0 Å². The molecule has 0 N–H and O–H groups in total. The number of carbonyl (C=O) groups excluding carboxylic acids is 1. The van der Waals surface area contributed by atoms with E-state index in [0.29, 0.717) is 28.7 Å². The summed E-state index contributed by atoms with van der Waals surface area (Å²) in [7, 11) is 1.63. The van der Waals surface area contributed by atoms with Gasteiger partial charge in [0.2, 0.25) is 0 Å². The third kappa shape index (κ3) is 2.71. The van der Waals surface area contributed by atoms with Gasteiger partial charge in [0.05, 0.1) is 17.7 Å². The first-order valence-electron chi connectivity index (χ1n) is 6.48. The molecule has 3 nitrogen and oxygen atoms in total. The molecule has 0 unspecified atom stereocenters. The minimum atomic E-state index is -0.0533. The molecule has 2 aromatic rings. The van der Waals surface area contributed by atoms with Crippen molar-refractivity contribution >= 4 is 29.1 Å². The molecule has 2 aromatic carbocycles. The van der Waals surface area contributed by atoms with Gasteiger partial charge in [-0.25, -0.2) is 0 Å². The highest BCUT2D eigenvalue weighted by Gasteiger charge is 2.30. The van der Waals surface area contributed by atoms with Crippen molar-refractivity contribution in [3.8, 4) is 5.75 Å². The molecule has 0 bridgehead atoms. The Balaban J connectivity index is 1.82. The summed E-state index contributed by atoms with van der Waals surface area (Å²) in [4.78, 5) is 14.2. The second-order valence-corrected chi connectivity index (χ2v) is 5.77. The number of rotatable bonds is 3. The molecule has 3 rings (SSSR count). The van der Waals surface area contributed by atoms with Gasteiger partial charge in [-0.15, -0.1) is 0 Å². The lowest BCUT2D eigenvalue weighted by Crippen LogP contribution is -2.23. The van der Waals surface area contributed by atoms with E-state index in [9.17, 15) is 4.79 Å². The lowest BCUT2D eigenvalue weighted by atomic mass is 10.1. The maximum atomic E-state index is 12.4. The molecule has 0 fully saturated rings. The van der Waals surface area contributed by atoms with Gasteiger partial charge in [0, 0.05) is 18.1 Å². The van der Waals surface area contributed by atoms with Gasteiger partial charge in [-0.1, -0.05) is 35.3 Å². The van der Waals surface area contributed by atoms with Crippen LogP contribution >= 0.6 is 23.2 Å². The fraction of sp³-hybridized carbons (Fsp3) is 0.188. The maximum Gasteiger partial charge on any atom is 0.256 e. The average molecular weight is 322 g/mol. The Labute approximate surface area is 133 Å². The van der Waals surface area contributed by atoms with Crippen LogP contribution in [0, 0.1) is 0 Å². The lowest BCUT2D eigenvalue weighted by Gasteiger charge is -2.15. The van der Waals surface area contributed by atoms with Crippen LogP contribution in [0.15, 0.2) is 36.4 Å². The highest BCUT2D eigenvalue weighted by atomic mass is 35.5. The predicted octanol–water partition coefficient (Wildman–Crippen LogP) is 4.16. The first-order valence-corrected chi connectivity index (χ1v) is 7.24. The molecular weight excluding hydrogens is 309 g/mol. The molecule has 1 heterocycles. The number of nitrogens with zero attached hydrogens (tertiary/aromatic N) is 1. The van der Waals surface area contributed by atoms with Crippen molar-refractivity contribution in [2.75, 3.05) is 7.11 Å². The van der Waals surface area contributed by atoms with Crippen molar-refractivity contribution in [2.24, 2.45) is 0 Å². The van der Waals surface area contributed by atoms with E-state index in [2.05, 4.69) is 0 Å². The zero-order valence-electron chi connectivity index (χ0n) is 11.4. The number of hydrogen-bond donors (Lipinski definition) is 0. The quantitative estimate of drug-likeness (QED) is 0.849. The highest BCUT2D eigenvalue weighted by Crippen LogP contribution is 2.33. The number of benzene rings is 2. The van der Waals surface area contributed by atoms with Crippen LogP contribution in [0.25, 0.3) is 0 Å². The fourth-order valence-electron chi connectivity index (χ4n) is 2.51. The molecule has 0 saturated carbocycles. The normalized spacial score (nSPS) is 13.5. The summed E-state index contributed by atoms with van der Waals surface area (Å²) in [6.45, 7) is 1.06. The van der Waals surface area contributed by atoms with Crippen LogP contribution in [-0.2, 0) is 13.1 Å². The standard InChI is InChI=1S/C16H13Cl2NO2/c1-21-13-4-2-10(3-5-13)8-19-9-11-6-12(17)7-14(18)15(11)16(19)20/h2-7H,8-9H2,1H3. The number of methoxy groups -OCH3 is 1. The van der Waals surface area contributed by atoms with E-state index in [1.54, 1.807) is 24.1 Å². The Morgan fingerprint density at radius 1 is 1.19 bits per heavy atom. The second-order valence-electron chi connectivity index (χ2n) is 4.93. The monoisotopic (exact) mass is 321 g/mol. The Kier molecular flexibility index (Phi) is 3.79. The van der Waals surface area contributed by atoms with Crippen LogP contribution in [0.2, 0.25) is 10.0 Å². The average Bonchev–Trinajstić information content (AvgIpc) is 2.76. The molecule has 1 aliphatic heterocycles. The van der Waals surface area contributed by atoms with Crippen molar-refractivity contribution in [2.45, 2.75) is 13.1 Å². The molecule has 108 valence electrons. The van der Waals surface area contributed by atoms with Gasteiger partial charge < -0.3 is 9.64 Å². The fourth-order valence-corrected chi connectivity index (χ4v) is 3.12. The molecule has 0 aromatic heterocycles. The summed E-state index contributed by atoms with van der Waals surface area (Å²) in [5, 5.41) is 0.970. The number of amides is 1. The smallest absolute Gasteiger partial charge is 0.256 e.